The Morgan fingerprint density at radius 3 is 2.83 bits per heavy atom. The van der Waals surface area contributed by atoms with Crippen molar-refractivity contribution in [2.75, 3.05) is 19.7 Å². The van der Waals surface area contributed by atoms with Gasteiger partial charge >= 0.3 is 0 Å². The summed E-state index contributed by atoms with van der Waals surface area (Å²) >= 11 is 0. The van der Waals surface area contributed by atoms with E-state index in [0.717, 1.165) is 32.2 Å². The van der Waals surface area contributed by atoms with Crippen molar-refractivity contribution in [1.29, 1.82) is 0 Å². The number of rotatable bonds is 4. The minimum Gasteiger partial charge on any atom is -0.376 e. The highest BCUT2D eigenvalue weighted by atomic mass is 16.5. The predicted molar refractivity (Wildman–Crippen MR) is 73.7 cm³/mol. The Labute approximate surface area is 110 Å². The van der Waals surface area contributed by atoms with Crippen LogP contribution in [0.15, 0.2) is 18.2 Å². The molecule has 0 atom stereocenters. The number of nitrogens with one attached hydrogen (secondary N) is 1. The van der Waals surface area contributed by atoms with Gasteiger partial charge < -0.3 is 10.1 Å². The lowest BCUT2D eigenvalue weighted by Gasteiger charge is -2.22. The average molecular weight is 245 g/mol. The average Bonchev–Trinajstić information content (AvgIpc) is 2.87. The summed E-state index contributed by atoms with van der Waals surface area (Å²) in [6, 6.07) is 6.89. The van der Waals surface area contributed by atoms with Crippen LogP contribution in [0.25, 0.3) is 0 Å². The van der Waals surface area contributed by atoms with Crippen LogP contribution in [0.2, 0.25) is 0 Å². The highest BCUT2D eigenvalue weighted by Gasteiger charge is 2.13. The lowest BCUT2D eigenvalue weighted by molar-refractivity contribution is 0.0763. The molecule has 0 unspecified atom stereocenters. The second-order valence-electron chi connectivity index (χ2n) is 5.67. The number of aryl methyl sites for hydroxylation is 2. The van der Waals surface area contributed by atoms with Gasteiger partial charge in [-0.2, -0.15) is 0 Å². The summed E-state index contributed by atoms with van der Waals surface area (Å²) in [4.78, 5) is 0. The Bertz CT molecular complexity index is 396. The Morgan fingerprint density at radius 2 is 1.94 bits per heavy atom. The standard InChI is InChI=1S/C16H23NO/c1-2-15-5-4-14(10-16(15)3-1)12-18-11-13-6-8-17-9-7-13/h4-5,10,13,17H,1-3,6-9,11-12H2. The zero-order valence-electron chi connectivity index (χ0n) is 11.1. The van der Waals surface area contributed by atoms with Crippen LogP contribution in [-0.4, -0.2) is 19.7 Å². The van der Waals surface area contributed by atoms with Crippen molar-refractivity contribution in [3.8, 4) is 0 Å². The van der Waals surface area contributed by atoms with Crippen molar-refractivity contribution in [3.05, 3.63) is 34.9 Å². The maximum Gasteiger partial charge on any atom is 0.0717 e. The lowest BCUT2D eigenvalue weighted by atomic mass is 9.99. The predicted octanol–water partition coefficient (Wildman–Crippen LogP) is 2.69. The summed E-state index contributed by atoms with van der Waals surface area (Å²) in [6.45, 7) is 4.04. The summed E-state index contributed by atoms with van der Waals surface area (Å²) in [7, 11) is 0. The molecule has 1 aromatic carbocycles. The fourth-order valence-corrected chi connectivity index (χ4v) is 3.11. The van der Waals surface area contributed by atoms with Gasteiger partial charge in [0.05, 0.1) is 6.61 Å². The largest absolute Gasteiger partial charge is 0.376 e. The molecular weight excluding hydrogens is 222 g/mol. The first-order valence-corrected chi connectivity index (χ1v) is 7.31. The molecule has 1 aromatic rings. The molecule has 0 saturated carbocycles. The third kappa shape index (κ3) is 2.93. The van der Waals surface area contributed by atoms with E-state index < -0.39 is 0 Å². The van der Waals surface area contributed by atoms with Crippen LogP contribution >= 0.6 is 0 Å². The zero-order chi connectivity index (χ0) is 12.2. The van der Waals surface area contributed by atoms with E-state index in [0.29, 0.717) is 0 Å². The molecule has 3 rings (SSSR count). The molecule has 1 saturated heterocycles. The molecule has 0 spiro atoms. The fourth-order valence-electron chi connectivity index (χ4n) is 3.11. The number of piperidine rings is 1. The van der Waals surface area contributed by atoms with Crippen LogP contribution in [0.3, 0.4) is 0 Å². The van der Waals surface area contributed by atoms with E-state index >= 15 is 0 Å². The van der Waals surface area contributed by atoms with Crippen molar-refractivity contribution in [3.63, 3.8) is 0 Å². The third-order valence-corrected chi connectivity index (χ3v) is 4.24. The molecule has 1 heterocycles. The van der Waals surface area contributed by atoms with Crippen molar-refractivity contribution < 1.29 is 4.74 Å². The molecule has 2 nitrogen and oxygen atoms in total. The van der Waals surface area contributed by atoms with Gasteiger partial charge in [0, 0.05) is 6.61 Å². The second kappa shape index (κ2) is 5.85. The van der Waals surface area contributed by atoms with Crippen LogP contribution in [0, 0.1) is 5.92 Å². The molecule has 0 aromatic heterocycles. The monoisotopic (exact) mass is 245 g/mol. The smallest absolute Gasteiger partial charge is 0.0717 e. The summed E-state index contributed by atoms with van der Waals surface area (Å²) in [5.41, 5.74) is 4.46. The van der Waals surface area contributed by atoms with E-state index in [9.17, 15) is 0 Å². The van der Waals surface area contributed by atoms with E-state index in [1.54, 1.807) is 11.1 Å². The molecule has 1 N–H and O–H groups in total. The van der Waals surface area contributed by atoms with Crippen molar-refractivity contribution in [1.82, 2.24) is 5.32 Å². The van der Waals surface area contributed by atoms with Gasteiger partial charge in [0.2, 0.25) is 0 Å². The second-order valence-corrected chi connectivity index (χ2v) is 5.67. The van der Waals surface area contributed by atoms with Crippen molar-refractivity contribution in [2.45, 2.75) is 38.7 Å². The molecule has 0 radical (unpaired) electrons. The Morgan fingerprint density at radius 1 is 1.11 bits per heavy atom. The number of benzene rings is 1. The van der Waals surface area contributed by atoms with Gasteiger partial charge in [0.25, 0.3) is 0 Å². The SMILES string of the molecule is c1cc2c(cc1COCC1CCNCC1)CCC2. The maximum atomic E-state index is 5.89. The number of ether oxygens (including phenoxy) is 1. The summed E-state index contributed by atoms with van der Waals surface area (Å²) in [6.07, 6.45) is 6.39. The van der Waals surface area contributed by atoms with Gasteiger partial charge in [-0.3, -0.25) is 0 Å². The fraction of sp³-hybridized carbons (Fsp3) is 0.625. The topological polar surface area (TPSA) is 21.3 Å². The Kier molecular flexibility index (Phi) is 3.96. The maximum absolute atomic E-state index is 5.89. The van der Waals surface area contributed by atoms with E-state index in [1.165, 1.54) is 37.7 Å². The van der Waals surface area contributed by atoms with E-state index in [1.807, 2.05) is 0 Å². The number of fused-ring (bicyclic) bond motifs is 1. The van der Waals surface area contributed by atoms with Gasteiger partial charge in [0.15, 0.2) is 0 Å². The van der Waals surface area contributed by atoms with E-state index in [-0.39, 0.29) is 0 Å². The molecular formula is C16H23NO. The highest BCUT2D eigenvalue weighted by molar-refractivity contribution is 5.34. The molecule has 0 bridgehead atoms. The molecule has 98 valence electrons. The third-order valence-electron chi connectivity index (χ3n) is 4.24. The molecule has 18 heavy (non-hydrogen) atoms. The quantitative estimate of drug-likeness (QED) is 0.880. The molecule has 1 aliphatic carbocycles. The zero-order valence-corrected chi connectivity index (χ0v) is 11.1. The Balaban J connectivity index is 1.48. The minimum absolute atomic E-state index is 0.765. The highest BCUT2D eigenvalue weighted by Crippen LogP contribution is 2.23. The van der Waals surface area contributed by atoms with Crippen molar-refractivity contribution in [2.24, 2.45) is 5.92 Å². The first-order chi connectivity index (χ1) is 8.92. The van der Waals surface area contributed by atoms with Crippen LogP contribution < -0.4 is 5.32 Å². The van der Waals surface area contributed by atoms with Gasteiger partial charge in [-0.1, -0.05) is 18.2 Å². The summed E-state index contributed by atoms with van der Waals surface area (Å²) in [5.74, 6) is 0.765. The van der Waals surface area contributed by atoms with Gasteiger partial charge in [-0.15, -0.1) is 0 Å². The van der Waals surface area contributed by atoms with Gasteiger partial charge in [-0.05, 0) is 67.8 Å². The minimum atomic E-state index is 0.765. The lowest BCUT2D eigenvalue weighted by Crippen LogP contribution is -2.29. The van der Waals surface area contributed by atoms with Crippen LogP contribution in [0.4, 0.5) is 0 Å². The van der Waals surface area contributed by atoms with Crippen molar-refractivity contribution >= 4 is 0 Å². The first kappa shape index (κ1) is 12.2. The normalized spacial score (nSPS) is 20.0. The number of hydrogen-bond acceptors (Lipinski definition) is 2. The van der Waals surface area contributed by atoms with Crippen LogP contribution in [-0.2, 0) is 24.2 Å². The van der Waals surface area contributed by atoms with E-state index in [4.69, 9.17) is 4.74 Å². The van der Waals surface area contributed by atoms with Crippen LogP contribution in [0.5, 0.6) is 0 Å². The summed E-state index contributed by atoms with van der Waals surface area (Å²) in [5, 5.41) is 3.40. The first-order valence-electron chi connectivity index (χ1n) is 7.31. The van der Waals surface area contributed by atoms with Crippen LogP contribution in [0.1, 0.15) is 36.0 Å². The molecule has 2 aliphatic rings. The van der Waals surface area contributed by atoms with Gasteiger partial charge in [0.1, 0.15) is 0 Å². The Hall–Kier alpha value is -0.860. The molecule has 0 amide bonds. The molecule has 1 fully saturated rings. The molecule has 1 aliphatic heterocycles. The molecule has 2 heteroatoms. The number of hydrogen-bond donors (Lipinski definition) is 1. The van der Waals surface area contributed by atoms with E-state index in [2.05, 4.69) is 23.5 Å². The summed E-state index contributed by atoms with van der Waals surface area (Å²) < 4.78 is 5.89. The van der Waals surface area contributed by atoms with Gasteiger partial charge in [-0.25, -0.2) is 0 Å².